The van der Waals surface area contributed by atoms with Gasteiger partial charge in [-0.2, -0.15) is 0 Å². The molecule has 4 aliphatic rings. The molecule has 1 aliphatic heterocycles. The van der Waals surface area contributed by atoms with Crippen LogP contribution in [0.5, 0.6) is 0 Å². The fraction of sp³-hybridized carbons (Fsp3) is 0.706. The van der Waals surface area contributed by atoms with Crippen LogP contribution >= 0.6 is 45.2 Å². The van der Waals surface area contributed by atoms with E-state index in [1.54, 1.807) is 0 Å². The van der Waals surface area contributed by atoms with Gasteiger partial charge in [0.2, 0.25) is 0 Å². The molecular weight excluding hydrogens is 490 g/mol. The van der Waals surface area contributed by atoms with E-state index in [1.165, 1.54) is 11.1 Å². The maximum Gasteiger partial charge on any atom is 0.315 e. The van der Waals surface area contributed by atoms with Crippen molar-refractivity contribution in [1.82, 2.24) is 0 Å². The molecule has 0 amide bonds. The van der Waals surface area contributed by atoms with Crippen molar-refractivity contribution in [2.75, 3.05) is 0 Å². The van der Waals surface area contributed by atoms with Crippen LogP contribution in [0.15, 0.2) is 24.3 Å². The van der Waals surface area contributed by atoms with E-state index in [-0.39, 0.29) is 24.3 Å². The molecule has 1 heterocycles. The Morgan fingerprint density at radius 3 is 2.52 bits per heavy atom. The predicted molar refractivity (Wildman–Crippen MR) is 99.5 cm³/mol. The van der Waals surface area contributed by atoms with E-state index in [0.29, 0.717) is 11.8 Å². The highest BCUT2D eigenvalue weighted by Gasteiger charge is 2.84. The van der Waals surface area contributed by atoms with E-state index < -0.39 is 0 Å². The summed E-state index contributed by atoms with van der Waals surface area (Å²) < 4.78 is 6.06. The number of hydrogen-bond donors (Lipinski definition) is 0. The minimum Gasteiger partial charge on any atom is -0.461 e. The number of allylic oxidation sites excluding steroid dienone is 1. The molecule has 1 spiro atoms. The number of rotatable bonds is 0. The molecule has 0 radical (unpaired) electrons. The van der Waals surface area contributed by atoms with Gasteiger partial charge in [0.25, 0.3) is 0 Å². The van der Waals surface area contributed by atoms with Crippen LogP contribution in [-0.4, -0.2) is 13.5 Å². The standard InChI is InChI=1S/C17H20I2O2/c1-9-6-7-15(3)13(12-10(2)4-5-11(9)12)21-14(20)16(15)8-17(16,18)19/h11-13H,1-2,4-8H2,3H3/t11-,12-,13+,15+,16+/m0/s1. The Bertz CT molecular complexity index is 581. The Morgan fingerprint density at radius 1 is 1.24 bits per heavy atom. The molecule has 21 heavy (non-hydrogen) atoms. The fourth-order valence-electron chi connectivity index (χ4n) is 5.24. The Hall–Kier alpha value is 0.410. The minimum absolute atomic E-state index is 0.00987. The lowest BCUT2D eigenvalue weighted by molar-refractivity contribution is -0.146. The molecule has 4 heteroatoms. The van der Waals surface area contributed by atoms with Crippen LogP contribution in [0.2, 0.25) is 0 Å². The first-order chi connectivity index (χ1) is 9.74. The average Bonchev–Trinajstić information content (AvgIpc) is 2.75. The molecule has 0 aromatic carbocycles. The normalized spacial score (nSPS) is 50.6. The van der Waals surface area contributed by atoms with Gasteiger partial charge < -0.3 is 4.74 Å². The van der Waals surface area contributed by atoms with Gasteiger partial charge in [-0.25, -0.2) is 0 Å². The van der Waals surface area contributed by atoms with Gasteiger partial charge in [0.1, 0.15) is 11.5 Å². The SMILES string of the molecule is C=C1CC[C@H]2C(=C)CC[C@]3(C)[C@H](OC(=O)[C@]34CC4(I)I)[C@@H]12. The highest BCUT2D eigenvalue weighted by Crippen LogP contribution is 2.80. The van der Waals surface area contributed by atoms with Gasteiger partial charge in [0, 0.05) is 11.3 Å². The summed E-state index contributed by atoms with van der Waals surface area (Å²) in [5.74, 6) is 0.825. The second-order valence-corrected chi connectivity index (χ2v) is 13.3. The lowest BCUT2D eigenvalue weighted by atomic mass is 9.66. The van der Waals surface area contributed by atoms with Crippen molar-refractivity contribution in [3.8, 4) is 0 Å². The van der Waals surface area contributed by atoms with E-state index >= 15 is 0 Å². The van der Waals surface area contributed by atoms with Gasteiger partial charge in [-0.05, 0) is 38.0 Å². The highest BCUT2D eigenvalue weighted by atomic mass is 127. The Labute approximate surface area is 153 Å². The van der Waals surface area contributed by atoms with Gasteiger partial charge in [-0.1, -0.05) is 76.4 Å². The third kappa shape index (κ3) is 1.62. The predicted octanol–water partition coefficient (Wildman–Crippen LogP) is 4.81. The van der Waals surface area contributed by atoms with E-state index in [0.717, 1.165) is 32.1 Å². The number of fused-ring (bicyclic) bond motifs is 4. The summed E-state index contributed by atoms with van der Waals surface area (Å²) in [5.41, 5.74) is 2.28. The summed E-state index contributed by atoms with van der Waals surface area (Å²) in [4.78, 5) is 12.8. The molecular formula is C17H20I2O2. The summed E-state index contributed by atoms with van der Waals surface area (Å²) in [6.45, 7) is 10.9. The average molecular weight is 510 g/mol. The second kappa shape index (κ2) is 4.28. The largest absolute Gasteiger partial charge is 0.461 e. The number of carbonyl (C=O) groups is 1. The molecule has 1 saturated heterocycles. The molecule has 4 rings (SSSR count). The first kappa shape index (κ1) is 15.0. The lowest BCUT2D eigenvalue weighted by Gasteiger charge is -2.36. The summed E-state index contributed by atoms with van der Waals surface area (Å²) in [5, 5.41) is 0. The molecule has 3 aliphatic carbocycles. The number of halogens is 2. The summed E-state index contributed by atoms with van der Waals surface area (Å²) in [7, 11) is 0. The monoisotopic (exact) mass is 510 g/mol. The highest BCUT2D eigenvalue weighted by molar-refractivity contribution is 14.2. The van der Waals surface area contributed by atoms with Gasteiger partial charge in [0.05, 0.1) is 1.43 Å². The van der Waals surface area contributed by atoms with Crippen LogP contribution < -0.4 is 0 Å². The zero-order valence-corrected chi connectivity index (χ0v) is 16.6. The Morgan fingerprint density at radius 2 is 1.90 bits per heavy atom. The van der Waals surface area contributed by atoms with Crippen LogP contribution in [0.1, 0.15) is 39.0 Å². The maximum absolute atomic E-state index is 12.8. The van der Waals surface area contributed by atoms with Crippen LogP contribution in [0.4, 0.5) is 0 Å². The zero-order valence-electron chi connectivity index (χ0n) is 12.3. The molecule has 4 fully saturated rings. The van der Waals surface area contributed by atoms with Gasteiger partial charge in [0.15, 0.2) is 0 Å². The van der Waals surface area contributed by atoms with Crippen molar-refractivity contribution in [3.63, 3.8) is 0 Å². The molecule has 2 nitrogen and oxygen atoms in total. The van der Waals surface area contributed by atoms with E-state index in [1.807, 2.05) is 0 Å². The van der Waals surface area contributed by atoms with Crippen molar-refractivity contribution in [2.24, 2.45) is 22.7 Å². The van der Waals surface area contributed by atoms with Crippen molar-refractivity contribution in [1.29, 1.82) is 0 Å². The van der Waals surface area contributed by atoms with Crippen molar-refractivity contribution in [2.45, 2.75) is 46.6 Å². The number of alkyl halides is 2. The number of hydrogen-bond acceptors (Lipinski definition) is 2. The maximum atomic E-state index is 12.8. The topological polar surface area (TPSA) is 26.3 Å². The van der Waals surface area contributed by atoms with Crippen molar-refractivity contribution < 1.29 is 9.53 Å². The summed E-state index contributed by atoms with van der Waals surface area (Å²) in [6, 6.07) is 0. The molecule has 5 atom stereocenters. The van der Waals surface area contributed by atoms with Gasteiger partial charge in [-0.3, -0.25) is 4.79 Å². The molecule has 0 unspecified atom stereocenters. The molecule has 0 aromatic heterocycles. The lowest BCUT2D eigenvalue weighted by Crippen LogP contribution is -2.41. The Balaban J connectivity index is 1.84. The van der Waals surface area contributed by atoms with Crippen LogP contribution in [0, 0.1) is 22.7 Å². The summed E-state index contributed by atoms with van der Waals surface area (Å²) in [6.07, 6.45) is 5.21. The minimum atomic E-state index is -0.288. The quantitative estimate of drug-likeness (QED) is 0.203. The molecule has 0 N–H and O–H groups in total. The summed E-state index contributed by atoms with van der Waals surface area (Å²) >= 11 is 4.92. The van der Waals surface area contributed by atoms with E-state index in [2.05, 4.69) is 65.3 Å². The first-order valence-corrected chi connectivity index (χ1v) is 9.85. The van der Waals surface area contributed by atoms with Crippen LogP contribution in [-0.2, 0) is 9.53 Å². The van der Waals surface area contributed by atoms with E-state index in [9.17, 15) is 4.79 Å². The fourth-order valence-corrected chi connectivity index (χ4v) is 8.05. The van der Waals surface area contributed by atoms with Gasteiger partial charge in [-0.15, -0.1) is 0 Å². The van der Waals surface area contributed by atoms with Crippen molar-refractivity contribution >= 4 is 51.2 Å². The molecule has 114 valence electrons. The van der Waals surface area contributed by atoms with Crippen molar-refractivity contribution in [3.05, 3.63) is 24.3 Å². The molecule has 0 bridgehead atoms. The smallest absolute Gasteiger partial charge is 0.315 e. The van der Waals surface area contributed by atoms with Crippen LogP contribution in [0.25, 0.3) is 0 Å². The zero-order chi connectivity index (χ0) is 15.2. The molecule has 0 aromatic rings. The molecule has 3 saturated carbocycles. The number of esters is 1. The third-order valence-corrected chi connectivity index (χ3v) is 9.27. The van der Waals surface area contributed by atoms with Gasteiger partial charge >= 0.3 is 5.97 Å². The third-order valence-electron chi connectivity index (χ3n) is 6.67. The number of carbonyl (C=O) groups excluding carboxylic acids is 1. The number of ether oxygens (including phenoxy) is 1. The van der Waals surface area contributed by atoms with Crippen LogP contribution in [0.3, 0.4) is 0 Å². The van der Waals surface area contributed by atoms with E-state index in [4.69, 9.17) is 4.74 Å². The Kier molecular flexibility index (Phi) is 3.05. The first-order valence-electron chi connectivity index (χ1n) is 7.69. The second-order valence-electron chi connectivity index (χ2n) is 7.52.